The first-order chi connectivity index (χ1) is 44.0. The van der Waals surface area contributed by atoms with Crippen molar-refractivity contribution in [3.05, 3.63) is 195 Å². The predicted molar refractivity (Wildman–Crippen MR) is 431 cm³/mol. The third-order valence-electron chi connectivity index (χ3n) is 17.4. The fourth-order valence-corrected chi connectivity index (χ4v) is 18.6. The van der Waals surface area contributed by atoms with Gasteiger partial charge in [-0.2, -0.15) is 17.6 Å². The molecule has 5 unspecified atom stereocenters. The summed E-state index contributed by atoms with van der Waals surface area (Å²) < 4.78 is 77.8. The van der Waals surface area contributed by atoms with Gasteiger partial charge in [0.25, 0.3) is 0 Å². The number of aliphatic hydroxyl groups is 1. The predicted octanol–water partition coefficient (Wildman–Crippen LogP) is 22.8. The second kappa shape index (κ2) is 40.0. The molecule has 8 saturated carbocycles. The number of carbonyl (C=O) groups excluding carboxylic acids is 2. The summed E-state index contributed by atoms with van der Waals surface area (Å²) in [5, 5.41) is 10.1. The van der Waals surface area contributed by atoms with Crippen LogP contribution in [-0.4, -0.2) is 73.8 Å². The first kappa shape index (κ1) is 81.2. The summed E-state index contributed by atoms with van der Waals surface area (Å²) in [5.74, 6) is -7.12. The number of ether oxygens (including phenoxy) is 5. The van der Waals surface area contributed by atoms with Crippen molar-refractivity contribution in [2.45, 2.75) is 159 Å². The van der Waals surface area contributed by atoms with Crippen LogP contribution in [0.2, 0.25) is 0 Å². The molecule has 0 aliphatic heterocycles. The molecular weight excluding hydrogens is 2020 g/mol. The van der Waals surface area contributed by atoms with Gasteiger partial charge in [-0.1, -0.05) is 116 Å². The van der Waals surface area contributed by atoms with Gasteiger partial charge in [-0.25, -0.2) is 9.59 Å². The van der Waals surface area contributed by atoms with Crippen LogP contribution < -0.4 is 0 Å². The molecule has 0 saturated heterocycles. The smallest absolute Gasteiger partial charge is 0.0619 e. The van der Waals surface area contributed by atoms with E-state index in [1.807, 2.05) is 20.8 Å². The molecule has 14 rings (SSSR count). The van der Waals surface area contributed by atoms with E-state index in [2.05, 4.69) is 268 Å². The van der Waals surface area contributed by atoms with Gasteiger partial charge < -0.3 is 28.8 Å². The largest absolute Gasteiger partial charge is 0.166 e. The minimum absolute atomic E-state index is 0. The second-order valence-electron chi connectivity index (χ2n) is 24.4. The van der Waals surface area contributed by atoms with Gasteiger partial charge in [0.2, 0.25) is 0 Å². The minimum Gasteiger partial charge on any atom is -0.0619 e. The molecule has 0 amide bonds. The summed E-state index contributed by atoms with van der Waals surface area (Å²) in [5.41, 5.74) is -0.289. The molecule has 8 nitrogen and oxygen atoms in total. The van der Waals surface area contributed by atoms with Crippen LogP contribution in [0.25, 0.3) is 0 Å². The molecule has 21 heteroatoms. The Bertz CT molecular complexity index is 2790. The number of alkyl halides is 4. The monoisotopic (exact) mass is 2110 g/mol. The van der Waals surface area contributed by atoms with Crippen molar-refractivity contribution < 1.29 is 55.9 Å². The number of benzene rings is 6. The van der Waals surface area contributed by atoms with Crippen LogP contribution in [0.1, 0.15) is 98.8 Å². The second-order valence-corrected chi connectivity index (χ2v) is 126. The minimum atomic E-state index is -3.42. The van der Waals surface area contributed by atoms with Crippen molar-refractivity contribution in [1.82, 2.24) is 0 Å². The summed E-state index contributed by atoms with van der Waals surface area (Å²) in [6, 6.07) is 64.3. The summed E-state index contributed by atoms with van der Waals surface area (Å²) >= 11 is 10.5. The van der Waals surface area contributed by atoms with Crippen LogP contribution in [0.4, 0.5) is 17.6 Å². The number of hydrogen-bond acceptors (Lipinski definition) is 8. The maximum Gasteiger partial charge on any atom is 0.166 e. The van der Waals surface area contributed by atoms with Crippen LogP contribution >= 0.6 is 114 Å². The number of carbonyl (C=O) groups is 2. The van der Waals surface area contributed by atoms with Gasteiger partial charge in [0, 0.05) is 31.3 Å². The number of aliphatic hydroxyl groups excluding tert-OH is 1. The van der Waals surface area contributed by atoms with E-state index in [9.17, 15) is 32.3 Å². The summed E-state index contributed by atoms with van der Waals surface area (Å²) in [6.07, 6.45) is 10.8. The van der Waals surface area contributed by atoms with E-state index < -0.39 is 23.8 Å². The third kappa shape index (κ3) is 25.1. The van der Waals surface area contributed by atoms with Crippen molar-refractivity contribution in [2.75, 3.05) is 26.4 Å². The van der Waals surface area contributed by atoms with E-state index >= 15 is 0 Å². The Morgan fingerprint density at radius 2 is 0.817 bits per heavy atom. The Hall–Kier alpha value is -0.790. The van der Waals surface area contributed by atoms with Crippen molar-refractivity contribution >= 4 is 148 Å². The molecule has 1 N–H and O–H groups in total. The molecular formula is C72H87F4I7O8S2+2. The van der Waals surface area contributed by atoms with E-state index in [1.165, 1.54) is 35.6 Å². The normalized spacial score (nSPS) is 24.7. The van der Waals surface area contributed by atoms with Gasteiger partial charge in [0.15, 0.2) is 35.7 Å². The molecule has 0 aromatic heterocycles. The Morgan fingerprint density at radius 3 is 1.05 bits per heavy atom. The SMILES string of the molecule is C=COCC.CC(F)(F)C(=O)OCC12CC3CC(C1)C(O)C(C3)C2.CCOC(C)OC1C2CC3CC1CC(COC(=O)C(C)(F)F)(C3)C2.I.II(I)I(I)I.c1ccc([S+](c2ccccc2)c2ccccc2)cc1.c1ccc([S+](c2ccccc2)c2ccccc2)cc1. The third-order valence-corrected chi connectivity index (χ3v) is 187. The fraction of sp³-hybridized carbons (Fsp3) is 0.444. The first-order valence-electron chi connectivity index (χ1n) is 31.1. The van der Waals surface area contributed by atoms with Gasteiger partial charge in [0.1, 0.15) is 0 Å². The molecule has 0 radical (unpaired) electrons. The summed E-state index contributed by atoms with van der Waals surface area (Å²) in [4.78, 5) is 30.8. The molecule has 8 aliphatic rings. The molecule has 510 valence electrons. The fourth-order valence-electron chi connectivity index (χ4n) is 14.3. The maximum atomic E-state index is 13.0. The molecule has 8 bridgehead atoms. The molecule has 6 aromatic rings. The van der Waals surface area contributed by atoms with Crippen LogP contribution in [0.3, 0.4) is 0 Å². The molecule has 6 aromatic carbocycles. The average molecular weight is 2110 g/mol. The molecule has 93 heavy (non-hydrogen) atoms. The van der Waals surface area contributed by atoms with Crippen LogP contribution in [-0.2, 0) is 55.1 Å². The Labute approximate surface area is 621 Å². The van der Waals surface area contributed by atoms with E-state index in [-0.39, 0.29) is 116 Å². The van der Waals surface area contributed by atoms with Crippen LogP contribution in [0.5, 0.6) is 0 Å². The van der Waals surface area contributed by atoms with Crippen molar-refractivity contribution in [1.29, 1.82) is 0 Å². The zero-order valence-electron chi connectivity index (χ0n) is 53.0. The summed E-state index contributed by atoms with van der Waals surface area (Å²) in [7, 11) is -0.657. The maximum absolute atomic E-state index is 13.0. The van der Waals surface area contributed by atoms with E-state index in [1.54, 1.807) is 0 Å². The van der Waals surface area contributed by atoms with Crippen molar-refractivity contribution in [3.63, 3.8) is 0 Å². The standard InChI is InChI=1S/C18H28F2O4.2C18H15S.C14H20F2O3.C4H8O.I6.HI/c1-4-22-11(2)24-15-13-5-12-6-14(15)9-18(7-12,8-13)10-23-16(21)17(3,19)20;2*1-4-10-16(11-5-1)19(17-12-6-2-7-13-17)18-14-8-3-9-15-18;1-13(15,16)12(18)19-7-14-4-8-2-9(5-14)11(17)10(3-8)6-14;1-3-5-4-2;1-5(2)6(3)4;/h11-15H,4-10H2,1-3H3;2*1-15H;8-11,17H,2-7H2,1H3;3H,1,4H2,2H3;;1H/q;2*+1;;;;. The molecule has 0 heterocycles. The van der Waals surface area contributed by atoms with Crippen molar-refractivity contribution in [3.8, 4) is 0 Å². The number of esters is 2. The Balaban J connectivity index is 0.000000186. The number of rotatable bonds is 19. The van der Waals surface area contributed by atoms with E-state index in [0.717, 1.165) is 70.8 Å². The molecule has 5 atom stereocenters. The Morgan fingerprint density at radius 1 is 0.538 bits per heavy atom. The van der Waals surface area contributed by atoms with Gasteiger partial charge in [-0.05, 0) is 193 Å². The quantitative estimate of drug-likeness (QED) is 0.0214. The summed E-state index contributed by atoms with van der Waals surface area (Å²) in [6.45, 7) is 11.8. The van der Waals surface area contributed by atoms with Crippen LogP contribution in [0.15, 0.2) is 224 Å². The molecule has 0 spiro atoms. The number of hydrogen-bond donors (Lipinski definition) is 1. The van der Waals surface area contributed by atoms with Gasteiger partial charge >= 0.3 is 114 Å². The van der Waals surface area contributed by atoms with E-state index in [0.29, 0.717) is 44.1 Å². The van der Waals surface area contributed by atoms with E-state index in [4.69, 9.17) is 18.9 Å². The average Bonchev–Trinajstić information content (AvgIpc) is 0.746. The van der Waals surface area contributed by atoms with Crippen molar-refractivity contribution in [2.24, 2.45) is 46.3 Å². The van der Waals surface area contributed by atoms with Gasteiger partial charge in [-0.15, -0.1) is 24.0 Å². The topological polar surface area (TPSA) is 101 Å². The van der Waals surface area contributed by atoms with Gasteiger partial charge in [-0.3, -0.25) is 0 Å². The number of halogens is 11. The van der Waals surface area contributed by atoms with Crippen LogP contribution in [0, 0.1) is 46.3 Å². The van der Waals surface area contributed by atoms with Gasteiger partial charge in [0.05, 0.1) is 60.1 Å². The molecule has 8 fully saturated rings. The Kier molecular flexibility index (Phi) is 34.9. The first-order valence-corrected chi connectivity index (χ1v) is 65.0. The molecule has 8 aliphatic carbocycles. The zero-order valence-corrected chi connectivity index (χ0v) is 69.9. The zero-order chi connectivity index (χ0) is 66.5.